The van der Waals surface area contributed by atoms with Gasteiger partial charge in [0, 0.05) is 24.2 Å². The van der Waals surface area contributed by atoms with Crippen LogP contribution in [0.25, 0.3) is 0 Å². The second kappa shape index (κ2) is 7.55. The third-order valence-corrected chi connectivity index (χ3v) is 3.79. The lowest BCUT2D eigenvalue weighted by Crippen LogP contribution is -2.38. The van der Waals surface area contributed by atoms with Gasteiger partial charge in [-0.2, -0.15) is 8.78 Å². The zero-order valence-corrected chi connectivity index (χ0v) is 11.5. The van der Waals surface area contributed by atoms with Crippen LogP contribution in [0.4, 0.5) is 8.78 Å². The van der Waals surface area contributed by atoms with Gasteiger partial charge in [0.2, 0.25) is 0 Å². The minimum Gasteiger partial charge on any atom is -0.434 e. The Morgan fingerprint density at radius 2 is 1.90 bits per heavy atom. The topological polar surface area (TPSA) is 47.3 Å². The molecule has 1 atom stereocenters. The molecule has 3 nitrogen and oxygen atoms in total. The summed E-state index contributed by atoms with van der Waals surface area (Å²) < 4.78 is 29.5. The first-order valence-corrected chi connectivity index (χ1v) is 7.20. The number of alkyl halides is 2. The van der Waals surface area contributed by atoms with Crippen molar-refractivity contribution in [3.8, 4) is 5.75 Å². The highest BCUT2D eigenvalue weighted by molar-refractivity contribution is 5.36. The van der Waals surface area contributed by atoms with Gasteiger partial charge in [-0.25, -0.2) is 0 Å². The Bertz CT molecular complexity index is 409. The van der Waals surface area contributed by atoms with Crippen molar-refractivity contribution in [3.63, 3.8) is 0 Å². The molecule has 112 valence electrons. The van der Waals surface area contributed by atoms with Crippen molar-refractivity contribution >= 4 is 0 Å². The number of hydrogen-bond donors (Lipinski definition) is 2. The van der Waals surface area contributed by atoms with Gasteiger partial charge in [-0.05, 0) is 18.9 Å². The molecule has 20 heavy (non-hydrogen) atoms. The van der Waals surface area contributed by atoms with Gasteiger partial charge in [0.05, 0.1) is 0 Å². The number of nitrogens with two attached hydrogens (primary N) is 1. The van der Waals surface area contributed by atoms with Crippen LogP contribution in [0.5, 0.6) is 5.75 Å². The average Bonchev–Trinajstić information content (AvgIpc) is 2.46. The summed E-state index contributed by atoms with van der Waals surface area (Å²) >= 11 is 0. The number of ether oxygens (including phenoxy) is 1. The largest absolute Gasteiger partial charge is 0.434 e. The van der Waals surface area contributed by atoms with Crippen LogP contribution >= 0.6 is 0 Å². The summed E-state index contributed by atoms with van der Waals surface area (Å²) in [7, 11) is 0. The first-order chi connectivity index (χ1) is 9.70. The summed E-state index contributed by atoms with van der Waals surface area (Å²) in [5.74, 6) is 0.209. The Balaban J connectivity index is 2.09. The van der Waals surface area contributed by atoms with E-state index in [1.54, 1.807) is 18.2 Å². The zero-order chi connectivity index (χ0) is 14.4. The second-order valence-corrected chi connectivity index (χ2v) is 5.21. The van der Waals surface area contributed by atoms with Crippen molar-refractivity contribution in [3.05, 3.63) is 29.8 Å². The van der Waals surface area contributed by atoms with Gasteiger partial charge in [0.1, 0.15) is 5.75 Å². The van der Waals surface area contributed by atoms with Crippen LogP contribution in [0.3, 0.4) is 0 Å². The Kier molecular flexibility index (Phi) is 5.73. The van der Waals surface area contributed by atoms with Crippen LogP contribution < -0.4 is 15.8 Å². The van der Waals surface area contributed by atoms with E-state index in [9.17, 15) is 8.78 Å². The molecule has 0 bridgehead atoms. The van der Waals surface area contributed by atoms with Crippen molar-refractivity contribution < 1.29 is 13.5 Å². The molecule has 0 radical (unpaired) electrons. The number of nitrogens with one attached hydrogen (secondary N) is 1. The predicted octanol–water partition coefficient (Wildman–Crippen LogP) is 3.21. The molecule has 1 aliphatic carbocycles. The fourth-order valence-corrected chi connectivity index (χ4v) is 2.81. The van der Waals surface area contributed by atoms with E-state index in [2.05, 4.69) is 10.1 Å². The Hall–Kier alpha value is -1.20. The van der Waals surface area contributed by atoms with Crippen molar-refractivity contribution in [1.82, 2.24) is 5.32 Å². The normalized spacial score (nSPS) is 18.2. The summed E-state index contributed by atoms with van der Waals surface area (Å²) in [4.78, 5) is 0. The predicted molar refractivity (Wildman–Crippen MR) is 74.9 cm³/mol. The van der Waals surface area contributed by atoms with E-state index in [0.29, 0.717) is 18.2 Å². The monoisotopic (exact) mass is 284 g/mol. The molecule has 0 heterocycles. The summed E-state index contributed by atoms with van der Waals surface area (Å²) in [6.07, 6.45) is 5.94. The molecule has 1 fully saturated rings. The third-order valence-electron chi connectivity index (χ3n) is 3.79. The minimum atomic E-state index is -2.82. The molecule has 1 unspecified atom stereocenters. The Morgan fingerprint density at radius 1 is 1.20 bits per heavy atom. The maximum absolute atomic E-state index is 12.5. The molecule has 0 saturated heterocycles. The van der Waals surface area contributed by atoms with Crippen LogP contribution in [0.2, 0.25) is 0 Å². The van der Waals surface area contributed by atoms with Gasteiger partial charge in [-0.3, -0.25) is 0 Å². The maximum atomic E-state index is 12.5. The standard InChI is InChI=1S/C15H22F2N2O/c16-15(17)20-14-9-5-4-8-12(14)13(10-18)19-11-6-2-1-3-7-11/h4-5,8-9,11,13,15,19H,1-3,6-7,10,18H2. The first-order valence-electron chi connectivity index (χ1n) is 7.20. The molecule has 5 heteroatoms. The van der Waals surface area contributed by atoms with Crippen molar-refractivity contribution in [2.24, 2.45) is 5.73 Å². The van der Waals surface area contributed by atoms with Gasteiger partial charge in [-0.15, -0.1) is 0 Å². The highest BCUT2D eigenvalue weighted by Gasteiger charge is 2.21. The van der Waals surface area contributed by atoms with E-state index in [0.717, 1.165) is 12.8 Å². The summed E-state index contributed by atoms with van der Waals surface area (Å²) in [6, 6.07) is 7.14. The number of benzene rings is 1. The molecule has 2 rings (SSSR count). The quantitative estimate of drug-likeness (QED) is 0.843. The molecule has 0 spiro atoms. The lowest BCUT2D eigenvalue weighted by Gasteiger charge is -2.29. The van der Waals surface area contributed by atoms with E-state index >= 15 is 0 Å². The van der Waals surface area contributed by atoms with E-state index in [1.165, 1.54) is 19.3 Å². The minimum absolute atomic E-state index is 0.145. The number of hydrogen-bond acceptors (Lipinski definition) is 3. The average molecular weight is 284 g/mol. The highest BCUT2D eigenvalue weighted by atomic mass is 19.3. The van der Waals surface area contributed by atoms with E-state index in [-0.39, 0.29) is 11.8 Å². The lowest BCUT2D eigenvalue weighted by molar-refractivity contribution is -0.0507. The van der Waals surface area contributed by atoms with Crippen molar-refractivity contribution in [1.29, 1.82) is 0 Å². The number of rotatable bonds is 6. The molecule has 1 saturated carbocycles. The second-order valence-electron chi connectivity index (χ2n) is 5.21. The molecule has 0 aromatic heterocycles. The molecule has 1 aromatic carbocycles. The molecular weight excluding hydrogens is 262 g/mol. The van der Waals surface area contributed by atoms with E-state index in [1.807, 2.05) is 6.07 Å². The zero-order valence-electron chi connectivity index (χ0n) is 11.5. The van der Waals surface area contributed by atoms with Crippen LogP contribution in [-0.4, -0.2) is 19.2 Å². The summed E-state index contributed by atoms with van der Waals surface area (Å²) in [6.45, 7) is -2.45. The highest BCUT2D eigenvalue weighted by Crippen LogP contribution is 2.28. The van der Waals surface area contributed by atoms with Crippen LogP contribution in [0.15, 0.2) is 24.3 Å². The summed E-state index contributed by atoms with van der Waals surface area (Å²) in [5, 5.41) is 3.49. The smallest absolute Gasteiger partial charge is 0.387 e. The third kappa shape index (κ3) is 4.15. The van der Waals surface area contributed by atoms with Crippen molar-refractivity contribution in [2.45, 2.75) is 50.8 Å². The maximum Gasteiger partial charge on any atom is 0.387 e. The summed E-state index contributed by atoms with van der Waals surface area (Å²) in [5.41, 5.74) is 6.53. The van der Waals surface area contributed by atoms with E-state index < -0.39 is 6.61 Å². The first kappa shape index (κ1) is 15.2. The van der Waals surface area contributed by atoms with E-state index in [4.69, 9.17) is 5.73 Å². The number of halogens is 2. The fourth-order valence-electron chi connectivity index (χ4n) is 2.81. The molecule has 1 aliphatic rings. The fraction of sp³-hybridized carbons (Fsp3) is 0.600. The van der Waals surface area contributed by atoms with Gasteiger partial charge >= 0.3 is 6.61 Å². The van der Waals surface area contributed by atoms with Crippen LogP contribution in [0, 0.1) is 0 Å². The van der Waals surface area contributed by atoms with Crippen molar-refractivity contribution in [2.75, 3.05) is 6.54 Å². The van der Waals surface area contributed by atoms with Gasteiger partial charge in [0.25, 0.3) is 0 Å². The van der Waals surface area contributed by atoms with Gasteiger partial charge in [-0.1, -0.05) is 37.5 Å². The van der Waals surface area contributed by atoms with Gasteiger partial charge < -0.3 is 15.8 Å². The van der Waals surface area contributed by atoms with Crippen LogP contribution in [0.1, 0.15) is 43.7 Å². The molecular formula is C15H22F2N2O. The Labute approximate surface area is 118 Å². The lowest BCUT2D eigenvalue weighted by atomic mass is 9.94. The number of para-hydroxylation sites is 1. The SMILES string of the molecule is NCC(NC1CCCCC1)c1ccccc1OC(F)F. The Morgan fingerprint density at radius 3 is 2.55 bits per heavy atom. The molecule has 1 aromatic rings. The molecule has 0 aliphatic heterocycles. The van der Waals surface area contributed by atoms with Gasteiger partial charge in [0.15, 0.2) is 0 Å². The molecule has 0 amide bonds. The molecule has 3 N–H and O–H groups in total. The van der Waals surface area contributed by atoms with Crippen LogP contribution in [-0.2, 0) is 0 Å².